The quantitative estimate of drug-likeness (QED) is 0.412. The standard InChI is InChI=1S/C18H23N3O3/c1-15(20-24-12-6-5-9-18(22)23)17(21-11-10-19-14-21)13-16-7-3-2-4-8-16/h2-4,7-8,10-11,14,17H,5-6,9,12-13H2,1H3,(H,22,23)/b20-15-. The predicted molar refractivity (Wildman–Crippen MR) is 92.0 cm³/mol. The molecule has 0 saturated heterocycles. The van der Waals surface area contributed by atoms with Crippen LogP contribution < -0.4 is 0 Å². The van der Waals surface area contributed by atoms with E-state index in [9.17, 15) is 4.79 Å². The summed E-state index contributed by atoms with van der Waals surface area (Å²) in [5, 5.41) is 12.8. The fraction of sp³-hybridized carbons (Fsp3) is 0.389. The monoisotopic (exact) mass is 329 g/mol. The molecule has 2 rings (SSSR count). The van der Waals surface area contributed by atoms with Crippen molar-refractivity contribution in [3.8, 4) is 0 Å². The van der Waals surface area contributed by atoms with Crippen LogP contribution in [0.4, 0.5) is 0 Å². The summed E-state index contributed by atoms with van der Waals surface area (Å²) in [6, 6.07) is 10.2. The first-order chi connectivity index (χ1) is 11.7. The molecule has 1 aromatic carbocycles. The van der Waals surface area contributed by atoms with Crippen LogP contribution in [0, 0.1) is 0 Å². The predicted octanol–water partition coefficient (Wildman–Crippen LogP) is 3.31. The van der Waals surface area contributed by atoms with Crippen LogP contribution in [0.15, 0.2) is 54.2 Å². The Kier molecular flexibility index (Phi) is 7.01. The third-order valence-electron chi connectivity index (χ3n) is 3.72. The Morgan fingerprint density at radius 3 is 2.79 bits per heavy atom. The van der Waals surface area contributed by atoms with Crippen LogP contribution in [0.25, 0.3) is 0 Å². The molecular formula is C18H23N3O3. The molecule has 0 aliphatic heterocycles. The SMILES string of the molecule is C/C(=N/OCCCCC(=O)O)C(Cc1ccccc1)n1ccnc1. The normalized spacial score (nSPS) is 12.8. The van der Waals surface area contributed by atoms with E-state index in [0.717, 1.165) is 12.1 Å². The molecule has 24 heavy (non-hydrogen) atoms. The molecule has 1 unspecified atom stereocenters. The van der Waals surface area contributed by atoms with Gasteiger partial charge in [0.2, 0.25) is 0 Å². The van der Waals surface area contributed by atoms with Crippen LogP contribution in [0.1, 0.15) is 37.8 Å². The summed E-state index contributed by atoms with van der Waals surface area (Å²) >= 11 is 0. The van der Waals surface area contributed by atoms with Gasteiger partial charge in [-0.1, -0.05) is 35.5 Å². The highest BCUT2D eigenvalue weighted by Gasteiger charge is 2.15. The van der Waals surface area contributed by atoms with Crippen molar-refractivity contribution in [2.24, 2.45) is 5.16 Å². The molecule has 1 heterocycles. The Labute approximate surface area is 141 Å². The van der Waals surface area contributed by atoms with Crippen molar-refractivity contribution in [2.75, 3.05) is 6.61 Å². The zero-order valence-corrected chi connectivity index (χ0v) is 13.8. The third-order valence-corrected chi connectivity index (χ3v) is 3.72. The van der Waals surface area contributed by atoms with E-state index in [-0.39, 0.29) is 12.5 Å². The summed E-state index contributed by atoms with van der Waals surface area (Å²) in [6.45, 7) is 2.36. The van der Waals surface area contributed by atoms with Gasteiger partial charge < -0.3 is 14.5 Å². The molecule has 1 aromatic heterocycles. The number of hydrogen-bond acceptors (Lipinski definition) is 4. The number of hydrogen-bond donors (Lipinski definition) is 1. The van der Waals surface area contributed by atoms with Gasteiger partial charge in [0.25, 0.3) is 0 Å². The lowest BCUT2D eigenvalue weighted by Crippen LogP contribution is -2.19. The highest BCUT2D eigenvalue weighted by Crippen LogP contribution is 2.16. The van der Waals surface area contributed by atoms with E-state index in [1.54, 1.807) is 12.5 Å². The minimum atomic E-state index is -0.780. The van der Waals surface area contributed by atoms with Crippen molar-refractivity contribution in [2.45, 2.75) is 38.6 Å². The fourth-order valence-electron chi connectivity index (χ4n) is 2.41. The van der Waals surface area contributed by atoms with Gasteiger partial charge >= 0.3 is 5.97 Å². The van der Waals surface area contributed by atoms with Crippen LogP contribution in [-0.2, 0) is 16.1 Å². The Morgan fingerprint density at radius 1 is 1.33 bits per heavy atom. The van der Waals surface area contributed by atoms with E-state index in [1.165, 1.54) is 5.56 Å². The second kappa shape index (κ2) is 9.50. The smallest absolute Gasteiger partial charge is 0.303 e. The first-order valence-corrected chi connectivity index (χ1v) is 8.06. The zero-order chi connectivity index (χ0) is 17.2. The average molecular weight is 329 g/mol. The van der Waals surface area contributed by atoms with Crippen molar-refractivity contribution >= 4 is 11.7 Å². The largest absolute Gasteiger partial charge is 0.481 e. The highest BCUT2D eigenvalue weighted by molar-refractivity contribution is 5.85. The summed E-state index contributed by atoms with van der Waals surface area (Å²) < 4.78 is 2.01. The van der Waals surface area contributed by atoms with Crippen LogP contribution >= 0.6 is 0 Å². The second-order valence-corrected chi connectivity index (χ2v) is 5.63. The third kappa shape index (κ3) is 5.87. The topological polar surface area (TPSA) is 76.7 Å². The summed E-state index contributed by atoms with van der Waals surface area (Å²) in [5.41, 5.74) is 2.07. The van der Waals surface area contributed by atoms with Crippen molar-refractivity contribution in [1.29, 1.82) is 0 Å². The molecule has 6 heteroatoms. The number of carboxylic acids is 1. The van der Waals surface area contributed by atoms with Crippen molar-refractivity contribution in [3.63, 3.8) is 0 Å². The number of oxime groups is 1. The van der Waals surface area contributed by atoms with Crippen molar-refractivity contribution < 1.29 is 14.7 Å². The molecule has 0 saturated carbocycles. The molecule has 0 radical (unpaired) electrons. The van der Waals surface area contributed by atoms with E-state index in [2.05, 4.69) is 22.3 Å². The van der Waals surface area contributed by atoms with Gasteiger partial charge in [-0.15, -0.1) is 0 Å². The molecule has 1 atom stereocenters. The molecule has 0 spiro atoms. The van der Waals surface area contributed by atoms with Gasteiger partial charge in [-0.25, -0.2) is 4.98 Å². The van der Waals surface area contributed by atoms with Crippen LogP contribution in [-0.4, -0.2) is 32.9 Å². The number of carboxylic acid groups (broad SMARTS) is 1. The maximum Gasteiger partial charge on any atom is 0.303 e. The lowest BCUT2D eigenvalue weighted by atomic mass is 10.0. The van der Waals surface area contributed by atoms with Crippen molar-refractivity contribution in [1.82, 2.24) is 9.55 Å². The maximum atomic E-state index is 10.5. The summed E-state index contributed by atoms with van der Waals surface area (Å²) in [4.78, 5) is 19.9. The van der Waals surface area contributed by atoms with Gasteiger partial charge in [-0.2, -0.15) is 0 Å². The van der Waals surface area contributed by atoms with E-state index in [0.29, 0.717) is 19.4 Å². The number of rotatable bonds is 10. The summed E-state index contributed by atoms with van der Waals surface area (Å²) in [5.74, 6) is -0.780. The van der Waals surface area contributed by atoms with Crippen molar-refractivity contribution in [3.05, 3.63) is 54.6 Å². The Bertz CT molecular complexity index is 639. The Hall–Kier alpha value is -2.63. The Balaban J connectivity index is 1.93. The molecule has 6 nitrogen and oxygen atoms in total. The molecule has 0 aliphatic rings. The maximum absolute atomic E-state index is 10.5. The fourth-order valence-corrected chi connectivity index (χ4v) is 2.41. The lowest BCUT2D eigenvalue weighted by molar-refractivity contribution is -0.137. The number of unbranched alkanes of at least 4 members (excludes halogenated alkanes) is 1. The summed E-state index contributed by atoms with van der Waals surface area (Å²) in [6.07, 6.45) is 7.68. The molecular weight excluding hydrogens is 306 g/mol. The summed E-state index contributed by atoms with van der Waals surface area (Å²) in [7, 11) is 0. The number of aromatic nitrogens is 2. The van der Waals surface area contributed by atoms with E-state index >= 15 is 0 Å². The molecule has 128 valence electrons. The zero-order valence-electron chi connectivity index (χ0n) is 13.8. The van der Waals surface area contributed by atoms with Gasteiger partial charge in [0.05, 0.1) is 18.1 Å². The Morgan fingerprint density at radius 2 is 2.12 bits per heavy atom. The number of aliphatic carboxylic acids is 1. The van der Waals surface area contributed by atoms with Gasteiger partial charge in [0.15, 0.2) is 0 Å². The van der Waals surface area contributed by atoms with Crippen LogP contribution in [0.2, 0.25) is 0 Å². The van der Waals surface area contributed by atoms with Crippen LogP contribution in [0.5, 0.6) is 0 Å². The van der Waals surface area contributed by atoms with Gasteiger partial charge in [0.1, 0.15) is 6.61 Å². The van der Waals surface area contributed by atoms with Gasteiger partial charge in [0, 0.05) is 18.8 Å². The number of nitrogens with zero attached hydrogens (tertiary/aromatic N) is 3. The number of imidazole rings is 1. The lowest BCUT2D eigenvalue weighted by Gasteiger charge is -2.18. The number of benzene rings is 1. The average Bonchev–Trinajstić information content (AvgIpc) is 3.10. The molecule has 0 bridgehead atoms. The molecule has 0 amide bonds. The second-order valence-electron chi connectivity index (χ2n) is 5.63. The first-order valence-electron chi connectivity index (χ1n) is 8.06. The highest BCUT2D eigenvalue weighted by atomic mass is 16.6. The first kappa shape index (κ1) is 17.7. The molecule has 0 aliphatic carbocycles. The van der Waals surface area contributed by atoms with Crippen LogP contribution in [0.3, 0.4) is 0 Å². The molecule has 0 fully saturated rings. The minimum Gasteiger partial charge on any atom is -0.481 e. The minimum absolute atomic E-state index is 0.0360. The van der Waals surface area contributed by atoms with E-state index in [1.807, 2.05) is 35.9 Å². The number of carbonyl (C=O) groups is 1. The van der Waals surface area contributed by atoms with E-state index < -0.39 is 5.97 Å². The van der Waals surface area contributed by atoms with Gasteiger partial charge in [-0.05, 0) is 31.7 Å². The molecule has 1 N–H and O–H groups in total. The molecule has 2 aromatic rings. The van der Waals surface area contributed by atoms with Gasteiger partial charge in [-0.3, -0.25) is 4.79 Å². The van der Waals surface area contributed by atoms with E-state index in [4.69, 9.17) is 9.94 Å².